The van der Waals surface area contributed by atoms with Gasteiger partial charge in [0, 0.05) is 38.6 Å². The number of aromatic nitrogens is 1. The molecule has 0 bridgehead atoms. The SMILES string of the molecule is CCOC(O)C(c1cc(N2CCC3(CC2)CC(=O)C3)no1)C(C)C. The molecular weight excluding hydrogens is 308 g/mol. The van der Waals surface area contributed by atoms with Crippen molar-refractivity contribution >= 4 is 11.6 Å². The van der Waals surface area contributed by atoms with Crippen LogP contribution >= 0.6 is 0 Å². The van der Waals surface area contributed by atoms with Crippen LogP contribution in [0.25, 0.3) is 0 Å². The summed E-state index contributed by atoms with van der Waals surface area (Å²) in [6.07, 6.45) is 2.69. The number of Topliss-reactive ketones (excluding diaryl/α,β-unsaturated/α-hetero) is 1. The second-order valence-electron chi connectivity index (χ2n) is 7.58. The van der Waals surface area contributed by atoms with Gasteiger partial charge in [0.1, 0.15) is 11.5 Å². The highest BCUT2D eigenvalue weighted by Gasteiger charge is 2.45. The van der Waals surface area contributed by atoms with E-state index in [4.69, 9.17) is 9.26 Å². The zero-order chi connectivity index (χ0) is 17.3. The van der Waals surface area contributed by atoms with Crippen LogP contribution in [0.5, 0.6) is 0 Å². The van der Waals surface area contributed by atoms with Crippen LogP contribution in [-0.2, 0) is 9.53 Å². The van der Waals surface area contributed by atoms with Crippen molar-refractivity contribution in [1.82, 2.24) is 5.16 Å². The summed E-state index contributed by atoms with van der Waals surface area (Å²) in [7, 11) is 0. The molecule has 1 aromatic rings. The highest BCUT2D eigenvalue weighted by atomic mass is 16.6. The highest BCUT2D eigenvalue weighted by molar-refractivity contribution is 5.86. The van der Waals surface area contributed by atoms with Crippen molar-refractivity contribution in [2.75, 3.05) is 24.6 Å². The third-order valence-corrected chi connectivity index (χ3v) is 5.50. The van der Waals surface area contributed by atoms with E-state index in [0.29, 0.717) is 18.2 Å². The number of carbonyl (C=O) groups excluding carboxylic acids is 1. The molecule has 0 aromatic carbocycles. The third kappa shape index (κ3) is 3.35. The van der Waals surface area contributed by atoms with Crippen LogP contribution in [0.3, 0.4) is 0 Å². The van der Waals surface area contributed by atoms with Gasteiger partial charge in [-0.3, -0.25) is 4.79 Å². The number of carbonyl (C=O) groups is 1. The van der Waals surface area contributed by atoms with E-state index in [1.54, 1.807) is 0 Å². The molecule has 1 aliphatic heterocycles. The molecular formula is C18H28N2O4. The van der Waals surface area contributed by atoms with Gasteiger partial charge in [-0.25, -0.2) is 0 Å². The van der Waals surface area contributed by atoms with Crippen LogP contribution in [0.2, 0.25) is 0 Å². The maximum atomic E-state index is 11.3. The minimum Gasteiger partial charge on any atom is -0.367 e. The van der Waals surface area contributed by atoms with Crippen LogP contribution < -0.4 is 4.90 Å². The number of piperidine rings is 1. The molecule has 1 N–H and O–H groups in total. The van der Waals surface area contributed by atoms with E-state index in [0.717, 1.165) is 44.6 Å². The van der Waals surface area contributed by atoms with Gasteiger partial charge < -0.3 is 19.3 Å². The Balaban J connectivity index is 1.65. The van der Waals surface area contributed by atoms with Crippen molar-refractivity contribution in [3.8, 4) is 0 Å². The summed E-state index contributed by atoms with van der Waals surface area (Å²) in [6, 6.07) is 1.93. The molecule has 1 saturated carbocycles. The van der Waals surface area contributed by atoms with Gasteiger partial charge in [-0.15, -0.1) is 0 Å². The maximum Gasteiger partial charge on any atom is 0.172 e. The third-order valence-electron chi connectivity index (χ3n) is 5.50. The average Bonchev–Trinajstić information content (AvgIpc) is 2.96. The second-order valence-corrected chi connectivity index (χ2v) is 7.58. The van der Waals surface area contributed by atoms with Gasteiger partial charge in [-0.05, 0) is 31.1 Å². The first-order valence-electron chi connectivity index (χ1n) is 8.97. The van der Waals surface area contributed by atoms with Crippen molar-refractivity contribution in [3.63, 3.8) is 0 Å². The summed E-state index contributed by atoms with van der Waals surface area (Å²) >= 11 is 0. The first-order valence-corrected chi connectivity index (χ1v) is 8.97. The molecule has 0 amide bonds. The molecule has 0 radical (unpaired) electrons. The lowest BCUT2D eigenvalue weighted by atomic mass is 9.62. The summed E-state index contributed by atoms with van der Waals surface area (Å²) in [4.78, 5) is 13.5. The normalized spacial score (nSPS) is 22.7. The Hall–Kier alpha value is -1.40. The number of ketones is 1. The smallest absolute Gasteiger partial charge is 0.172 e. The molecule has 3 rings (SSSR count). The Morgan fingerprint density at radius 1 is 1.38 bits per heavy atom. The lowest BCUT2D eigenvalue weighted by molar-refractivity contribution is -0.133. The first-order chi connectivity index (χ1) is 11.4. The van der Waals surface area contributed by atoms with Crippen molar-refractivity contribution in [1.29, 1.82) is 0 Å². The largest absolute Gasteiger partial charge is 0.367 e. The highest BCUT2D eigenvalue weighted by Crippen LogP contribution is 2.47. The molecule has 1 spiro atoms. The number of ether oxygens (including phenoxy) is 1. The van der Waals surface area contributed by atoms with E-state index in [1.165, 1.54) is 0 Å². The summed E-state index contributed by atoms with van der Waals surface area (Å²) in [6.45, 7) is 8.19. The molecule has 2 atom stereocenters. The lowest BCUT2D eigenvalue weighted by Gasteiger charge is -2.46. The number of hydrogen-bond acceptors (Lipinski definition) is 6. The van der Waals surface area contributed by atoms with Crippen molar-refractivity contribution < 1.29 is 19.2 Å². The van der Waals surface area contributed by atoms with E-state index in [2.05, 4.69) is 10.1 Å². The Bertz CT molecular complexity index is 565. The number of nitrogens with zero attached hydrogens (tertiary/aromatic N) is 2. The van der Waals surface area contributed by atoms with Crippen LogP contribution in [0, 0.1) is 11.3 Å². The Labute approximate surface area is 143 Å². The number of aliphatic hydroxyl groups is 1. The molecule has 1 saturated heterocycles. The van der Waals surface area contributed by atoms with E-state index < -0.39 is 6.29 Å². The first kappa shape index (κ1) is 17.4. The summed E-state index contributed by atoms with van der Waals surface area (Å²) < 4.78 is 10.9. The monoisotopic (exact) mass is 336 g/mol. The van der Waals surface area contributed by atoms with Crippen molar-refractivity contribution in [3.05, 3.63) is 11.8 Å². The fraction of sp³-hybridized carbons (Fsp3) is 0.778. The minimum atomic E-state index is -0.888. The fourth-order valence-corrected chi connectivity index (χ4v) is 4.01. The molecule has 134 valence electrons. The zero-order valence-corrected chi connectivity index (χ0v) is 14.8. The van der Waals surface area contributed by atoms with Crippen LogP contribution in [0.4, 0.5) is 5.82 Å². The van der Waals surface area contributed by atoms with E-state index in [1.807, 2.05) is 26.8 Å². The van der Waals surface area contributed by atoms with Gasteiger partial charge in [-0.2, -0.15) is 0 Å². The molecule has 6 heteroatoms. The van der Waals surface area contributed by atoms with Crippen molar-refractivity contribution in [2.45, 2.75) is 58.7 Å². The minimum absolute atomic E-state index is 0.179. The zero-order valence-electron chi connectivity index (χ0n) is 14.8. The van der Waals surface area contributed by atoms with Gasteiger partial charge in [0.25, 0.3) is 0 Å². The molecule has 1 aromatic heterocycles. The Morgan fingerprint density at radius 2 is 2.04 bits per heavy atom. The molecule has 24 heavy (non-hydrogen) atoms. The van der Waals surface area contributed by atoms with Gasteiger partial charge in [0.05, 0.1) is 5.92 Å². The molecule has 6 nitrogen and oxygen atoms in total. The van der Waals surface area contributed by atoms with Gasteiger partial charge in [0.2, 0.25) is 0 Å². The van der Waals surface area contributed by atoms with Crippen molar-refractivity contribution in [2.24, 2.45) is 11.3 Å². The molecule has 2 heterocycles. The lowest BCUT2D eigenvalue weighted by Crippen LogP contribution is -2.47. The van der Waals surface area contributed by atoms with E-state index in [9.17, 15) is 9.90 Å². The number of anilines is 1. The van der Waals surface area contributed by atoms with E-state index >= 15 is 0 Å². The average molecular weight is 336 g/mol. The maximum absolute atomic E-state index is 11.3. The van der Waals surface area contributed by atoms with Gasteiger partial charge >= 0.3 is 0 Å². The molecule has 2 fully saturated rings. The summed E-state index contributed by atoms with van der Waals surface area (Å²) in [5, 5.41) is 14.4. The van der Waals surface area contributed by atoms with E-state index in [-0.39, 0.29) is 17.3 Å². The number of rotatable bonds is 6. The van der Waals surface area contributed by atoms with Crippen LogP contribution in [-0.4, -0.2) is 42.0 Å². The number of aliphatic hydroxyl groups excluding tert-OH is 1. The van der Waals surface area contributed by atoms with Gasteiger partial charge in [0.15, 0.2) is 12.1 Å². The predicted octanol–water partition coefficient (Wildman–Crippen LogP) is 2.72. The summed E-state index contributed by atoms with van der Waals surface area (Å²) in [5.41, 5.74) is 0.256. The molecule has 2 unspecified atom stereocenters. The molecule has 1 aliphatic carbocycles. The predicted molar refractivity (Wildman–Crippen MR) is 89.8 cm³/mol. The fourth-order valence-electron chi connectivity index (χ4n) is 4.01. The quantitative estimate of drug-likeness (QED) is 0.805. The summed E-state index contributed by atoms with van der Waals surface area (Å²) in [5.74, 6) is 1.83. The standard InChI is InChI=1S/C18H28N2O4/c1-4-23-17(22)16(12(2)3)14-9-15(19-24-14)20-7-5-18(6-8-20)10-13(21)11-18/h9,12,16-17,22H,4-8,10-11H2,1-3H3. The van der Waals surface area contributed by atoms with Crippen LogP contribution in [0.1, 0.15) is 58.1 Å². The Morgan fingerprint density at radius 3 is 2.58 bits per heavy atom. The second kappa shape index (κ2) is 6.84. The topological polar surface area (TPSA) is 75.8 Å². The number of hydrogen-bond donors (Lipinski definition) is 1. The van der Waals surface area contributed by atoms with Gasteiger partial charge in [-0.1, -0.05) is 19.0 Å². The Kier molecular flexibility index (Phi) is 4.97. The molecule has 2 aliphatic rings. The van der Waals surface area contributed by atoms with Crippen LogP contribution in [0.15, 0.2) is 10.6 Å².